The molecule has 6 nitrogen and oxygen atoms in total. The van der Waals surface area contributed by atoms with Crippen molar-refractivity contribution in [2.75, 3.05) is 39.3 Å². The number of nitrogens with two attached hydrogens (primary N) is 1. The molecule has 0 saturated carbocycles. The molecule has 0 aromatic heterocycles. The number of amides is 1. The monoisotopic (exact) mass is 479 g/mol. The van der Waals surface area contributed by atoms with E-state index in [1.54, 1.807) is 0 Å². The predicted molar refractivity (Wildman–Crippen MR) is 119 cm³/mol. The minimum Gasteiger partial charge on any atom is -0.370 e. The number of aliphatic imine (C=N–C) groups is 1. The molecule has 7 heteroatoms. The number of guanidine groups is 1. The lowest BCUT2D eigenvalue weighted by atomic mass is 9.95. The van der Waals surface area contributed by atoms with Gasteiger partial charge in [0.25, 0.3) is 0 Å². The molecule has 152 valence electrons. The van der Waals surface area contributed by atoms with Gasteiger partial charge in [-0.25, -0.2) is 0 Å². The first-order valence-electron chi connectivity index (χ1n) is 10.0. The zero-order valence-electron chi connectivity index (χ0n) is 16.7. The largest absolute Gasteiger partial charge is 0.370 e. The Hall–Kier alpha value is -0.570. The third-order valence-corrected chi connectivity index (χ3v) is 5.59. The number of piperidine rings is 2. The lowest BCUT2D eigenvalue weighted by Gasteiger charge is -2.36. The molecule has 2 rings (SSSR count). The molecule has 2 unspecified atom stereocenters. The Bertz CT molecular complexity index is 451. The molecule has 2 atom stereocenters. The zero-order valence-corrected chi connectivity index (χ0v) is 19.1. The highest BCUT2D eigenvalue weighted by molar-refractivity contribution is 14.0. The van der Waals surface area contributed by atoms with E-state index in [4.69, 9.17) is 10.7 Å². The van der Waals surface area contributed by atoms with Gasteiger partial charge in [0.2, 0.25) is 5.91 Å². The van der Waals surface area contributed by atoms with Crippen LogP contribution in [-0.2, 0) is 4.79 Å². The summed E-state index contributed by atoms with van der Waals surface area (Å²) in [7, 11) is 0. The maximum atomic E-state index is 11.2. The first kappa shape index (κ1) is 23.5. The Morgan fingerprint density at radius 1 is 1.27 bits per heavy atom. The lowest BCUT2D eigenvalue weighted by Crippen LogP contribution is -2.48. The van der Waals surface area contributed by atoms with Gasteiger partial charge in [0.15, 0.2) is 5.96 Å². The fourth-order valence-corrected chi connectivity index (χ4v) is 3.94. The molecule has 0 aromatic rings. The van der Waals surface area contributed by atoms with Gasteiger partial charge in [0.1, 0.15) is 0 Å². The third kappa shape index (κ3) is 7.58. The average molecular weight is 479 g/mol. The number of primary amides is 1. The van der Waals surface area contributed by atoms with Crippen LogP contribution in [0.15, 0.2) is 4.99 Å². The van der Waals surface area contributed by atoms with Crippen LogP contribution < -0.4 is 11.1 Å². The highest BCUT2D eigenvalue weighted by Crippen LogP contribution is 2.20. The van der Waals surface area contributed by atoms with Crippen LogP contribution in [0.3, 0.4) is 0 Å². The second-order valence-electron chi connectivity index (χ2n) is 7.89. The molecule has 0 bridgehead atoms. The summed E-state index contributed by atoms with van der Waals surface area (Å²) < 4.78 is 0. The molecule has 1 amide bonds. The average Bonchev–Trinajstić information content (AvgIpc) is 2.58. The van der Waals surface area contributed by atoms with Gasteiger partial charge >= 0.3 is 0 Å². The topological polar surface area (TPSA) is 74.0 Å². The van der Waals surface area contributed by atoms with Crippen molar-refractivity contribution >= 4 is 35.8 Å². The summed E-state index contributed by atoms with van der Waals surface area (Å²) >= 11 is 0. The third-order valence-electron chi connectivity index (χ3n) is 5.59. The molecule has 2 saturated heterocycles. The Kier molecular flexibility index (Phi) is 10.8. The fourth-order valence-electron chi connectivity index (χ4n) is 3.94. The number of hydrogen-bond donors (Lipinski definition) is 2. The molecule has 0 aromatic carbocycles. The highest BCUT2D eigenvalue weighted by Gasteiger charge is 2.24. The summed E-state index contributed by atoms with van der Waals surface area (Å²) in [5, 5.41) is 3.43. The van der Waals surface area contributed by atoms with Gasteiger partial charge in [-0.3, -0.25) is 14.7 Å². The zero-order chi connectivity index (χ0) is 18.2. The summed E-state index contributed by atoms with van der Waals surface area (Å²) in [6.07, 6.45) is 5.27. The molecule has 2 aliphatic rings. The first-order valence-corrected chi connectivity index (χ1v) is 10.0. The van der Waals surface area contributed by atoms with Crippen LogP contribution in [0.2, 0.25) is 0 Å². The van der Waals surface area contributed by atoms with Crippen molar-refractivity contribution < 1.29 is 4.79 Å². The lowest BCUT2D eigenvalue weighted by molar-refractivity contribution is -0.119. The quantitative estimate of drug-likeness (QED) is 0.348. The Morgan fingerprint density at radius 2 is 1.96 bits per heavy atom. The summed E-state index contributed by atoms with van der Waals surface area (Å²) in [6, 6.07) is 0.479. The number of carbonyl (C=O) groups is 1. The van der Waals surface area contributed by atoms with Crippen LogP contribution in [0, 0.1) is 11.8 Å². The van der Waals surface area contributed by atoms with Crippen LogP contribution in [-0.4, -0.2) is 67.0 Å². The predicted octanol–water partition coefficient (Wildman–Crippen LogP) is 2.28. The minimum absolute atomic E-state index is 0. The normalized spacial score (nSPS) is 24.0. The van der Waals surface area contributed by atoms with Gasteiger partial charge < -0.3 is 16.0 Å². The number of rotatable bonds is 6. The summed E-state index contributed by atoms with van der Waals surface area (Å²) in [4.78, 5) is 21.0. The van der Waals surface area contributed by atoms with Gasteiger partial charge in [-0.05, 0) is 64.5 Å². The summed E-state index contributed by atoms with van der Waals surface area (Å²) in [6.45, 7) is 12.7. The molecular formula is C19H38IN5O. The van der Waals surface area contributed by atoms with Gasteiger partial charge in [0, 0.05) is 32.1 Å². The van der Waals surface area contributed by atoms with Gasteiger partial charge in [0.05, 0.1) is 6.54 Å². The van der Waals surface area contributed by atoms with Gasteiger partial charge in [-0.1, -0.05) is 6.92 Å². The van der Waals surface area contributed by atoms with Crippen molar-refractivity contribution in [1.29, 1.82) is 0 Å². The van der Waals surface area contributed by atoms with E-state index in [1.807, 2.05) is 0 Å². The molecule has 2 heterocycles. The van der Waals surface area contributed by atoms with E-state index >= 15 is 0 Å². The van der Waals surface area contributed by atoms with E-state index in [2.05, 4.69) is 35.9 Å². The maximum absolute atomic E-state index is 11.2. The number of hydrogen-bond acceptors (Lipinski definition) is 3. The Balaban J connectivity index is 0.00000338. The number of nitrogens with zero attached hydrogens (tertiary/aromatic N) is 3. The number of halogens is 1. The second-order valence-corrected chi connectivity index (χ2v) is 7.89. The standard InChI is InChI=1S/C19H37N5O.HI/c1-4-21-19(24-9-5-6-17(14-24)12-18(20)25)22-13-16(3)23-10-7-15(2)8-11-23;/h15-17H,4-14H2,1-3H3,(H2,20,25)(H,21,22);1H. The van der Waals surface area contributed by atoms with Crippen LogP contribution in [0.25, 0.3) is 0 Å². The number of carbonyl (C=O) groups excluding carboxylic acids is 1. The van der Waals surface area contributed by atoms with Crippen molar-refractivity contribution in [3.8, 4) is 0 Å². The SMILES string of the molecule is CCNC(=NCC(C)N1CCC(C)CC1)N1CCCC(CC(N)=O)C1.I. The molecule has 2 aliphatic heterocycles. The van der Waals surface area contributed by atoms with Crippen LogP contribution in [0.5, 0.6) is 0 Å². The summed E-state index contributed by atoms with van der Waals surface area (Å²) in [5.41, 5.74) is 5.39. The van der Waals surface area contributed by atoms with Gasteiger partial charge in [-0.2, -0.15) is 0 Å². The molecule has 0 aliphatic carbocycles. The van der Waals surface area contributed by atoms with Crippen molar-refractivity contribution in [2.24, 2.45) is 22.6 Å². The number of likely N-dealkylation sites (tertiary alicyclic amines) is 2. The molecule has 26 heavy (non-hydrogen) atoms. The van der Waals surface area contributed by atoms with E-state index in [1.165, 1.54) is 25.9 Å². The minimum atomic E-state index is -0.193. The second kappa shape index (κ2) is 12.0. The number of nitrogens with one attached hydrogen (secondary N) is 1. The van der Waals surface area contributed by atoms with Gasteiger partial charge in [-0.15, -0.1) is 24.0 Å². The van der Waals surface area contributed by atoms with Crippen LogP contribution >= 0.6 is 24.0 Å². The Labute approximate surface area is 176 Å². The van der Waals surface area contributed by atoms with E-state index in [-0.39, 0.29) is 29.9 Å². The smallest absolute Gasteiger partial charge is 0.217 e. The van der Waals surface area contributed by atoms with Crippen molar-refractivity contribution in [3.63, 3.8) is 0 Å². The molecular weight excluding hydrogens is 441 g/mol. The van der Waals surface area contributed by atoms with Crippen molar-refractivity contribution in [3.05, 3.63) is 0 Å². The van der Waals surface area contributed by atoms with E-state index in [9.17, 15) is 4.79 Å². The van der Waals surface area contributed by atoms with Crippen LogP contribution in [0.4, 0.5) is 0 Å². The van der Waals surface area contributed by atoms with Crippen molar-refractivity contribution in [1.82, 2.24) is 15.1 Å². The fraction of sp³-hybridized carbons (Fsp3) is 0.895. The molecule has 0 radical (unpaired) electrons. The van der Waals surface area contributed by atoms with Crippen LogP contribution in [0.1, 0.15) is 52.9 Å². The van der Waals surface area contributed by atoms with E-state index in [0.29, 0.717) is 18.4 Å². The summed E-state index contributed by atoms with van der Waals surface area (Å²) in [5.74, 6) is 2.02. The molecule has 2 fully saturated rings. The maximum Gasteiger partial charge on any atom is 0.217 e. The van der Waals surface area contributed by atoms with E-state index < -0.39 is 0 Å². The van der Waals surface area contributed by atoms with E-state index in [0.717, 1.165) is 50.9 Å². The highest BCUT2D eigenvalue weighted by atomic mass is 127. The first-order chi connectivity index (χ1) is 12.0. The molecule has 0 spiro atoms. The molecule has 3 N–H and O–H groups in total. The Morgan fingerprint density at radius 3 is 2.58 bits per heavy atom. The van der Waals surface area contributed by atoms with Crippen molar-refractivity contribution in [2.45, 2.75) is 58.9 Å².